The van der Waals surface area contributed by atoms with Crippen LogP contribution in [0.15, 0.2) is 364 Å². The lowest BCUT2D eigenvalue weighted by atomic mass is 9.95. The molecule has 98 heavy (non-hydrogen) atoms. The zero-order valence-corrected chi connectivity index (χ0v) is 54.9. The van der Waals surface area contributed by atoms with Crippen molar-refractivity contribution < 1.29 is 9.13 Å². The second-order valence-corrected chi connectivity index (χ2v) is 30.6. The van der Waals surface area contributed by atoms with Crippen molar-refractivity contribution in [2.45, 2.75) is 0 Å². The Morgan fingerprint density at radius 2 is 0.520 bits per heavy atom. The first-order chi connectivity index (χ1) is 48.3. The van der Waals surface area contributed by atoms with E-state index >= 15 is 0 Å². The van der Waals surface area contributed by atoms with E-state index in [1.54, 1.807) is 0 Å². The molecule has 0 aliphatic heterocycles. The van der Waals surface area contributed by atoms with E-state index in [0.29, 0.717) is 0 Å². The van der Waals surface area contributed by atoms with Crippen molar-refractivity contribution in [3.05, 3.63) is 364 Å². The van der Waals surface area contributed by atoms with Crippen LogP contribution in [0.4, 0.5) is 0 Å². The number of hydrogen-bond donors (Lipinski definition) is 0. The minimum Gasteiger partial charge on any atom is -0.309 e. The molecule has 0 atom stereocenters. The van der Waals surface area contributed by atoms with Crippen molar-refractivity contribution in [3.8, 4) is 44.5 Å². The summed E-state index contributed by atoms with van der Waals surface area (Å²) in [7, 11) is -6.08. The normalized spacial score (nSPS) is 12.0. The van der Waals surface area contributed by atoms with E-state index in [-0.39, 0.29) is 0 Å². The average molecular weight is 1290 g/mol. The van der Waals surface area contributed by atoms with Crippen LogP contribution < -0.4 is 31.8 Å². The molecule has 0 saturated carbocycles. The third kappa shape index (κ3) is 9.87. The van der Waals surface area contributed by atoms with Crippen LogP contribution >= 0.6 is 14.3 Å². The number of rotatable bonds is 10. The number of para-hydroxylation sites is 6. The second kappa shape index (κ2) is 24.0. The number of nitrogens with zero attached hydrogens (tertiary/aromatic N) is 4. The fraction of sp³-hybridized carbons (Fsp3) is 0. The summed E-state index contributed by atoms with van der Waals surface area (Å²) in [6, 6.07) is 125. The van der Waals surface area contributed by atoms with Gasteiger partial charge in [-0.2, -0.15) is 0 Å². The van der Waals surface area contributed by atoms with Crippen LogP contribution in [0.2, 0.25) is 0 Å². The summed E-state index contributed by atoms with van der Waals surface area (Å²) in [6.45, 7) is 0. The monoisotopic (exact) mass is 1290 g/mol. The predicted octanol–water partition coefficient (Wildman–Crippen LogP) is 20.7. The molecule has 0 saturated heterocycles. The van der Waals surface area contributed by atoms with E-state index < -0.39 is 14.3 Å². The summed E-state index contributed by atoms with van der Waals surface area (Å²) in [4.78, 5) is 10.1. The molecule has 0 spiro atoms. The number of aromatic nitrogens is 4. The van der Waals surface area contributed by atoms with Gasteiger partial charge in [0, 0.05) is 53.4 Å². The number of hydrogen-bond acceptors (Lipinski definition) is 4. The Labute approximate surface area is 566 Å². The highest BCUT2D eigenvalue weighted by molar-refractivity contribution is 7.85. The molecule has 0 fully saturated rings. The standard InChI is InChI=1S/C47H31N2OP.C43H29N2OP/c50-51(38-14-3-1-4-15-38,39-16-5-2-6-17-39)40-26-24-35-29-34(22-23-36(35)30-40)32-12-11-13-33(28-32)37-25-27-42-43(31-37)41-18-7-9-20-45(41)49-46-21-10-8-19-44(46)48-47(42)49;46-47(34-14-3-1-4-15-34,35-16-5-2-6-17-35)36-25-22-30(23-26-36)31-12-11-13-32(28-31)33-24-27-38-39(29-33)37-18-7-9-20-41(37)45-42-21-10-8-19-40(42)44-43(38)45/h1-31H;1-29H. The summed E-state index contributed by atoms with van der Waals surface area (Å²) in [5.74, 6) is 0. The van der Waals surface area contributed by atoms with Crippen molar-refractivity contribution >= 4 is 134 Å². The first kappa shape index (κ1) is 58.5. The highest BCUT2D eigenvalue weighted by Gasteiger charge is 2.31. The van der Waals surface area contributed by atoms with Gasteiger partial charge >= 0.3 is 0 Å². The third-order valence-corrected chi connectivity index (χ3v) is 25.6. The van der Waals surface area contributed by atoms with Gasteiger partial charge in [-0.05, 0) is 151 Å². The molecule has 8 heteroatoms. The summed E-state index contributed by atoms with van der Waals surface area (Å²) in [6.07, 6.45) is 0. The Bertz CT molecular complexity index is 6340. The summed E-state index contributed by atoms with van der Waals surface area (Å²) in [5, 5.41) is 14.3. The Hall–Kier alpha value is -12.0. The molecule has 0 radical (unpaired) electrons. The molecule has 0 unspecified atom stereocenters. The molecule has 19 aromatic rings. The van der Waals surface area contributed by atoms with E-state index in [1.807, 2.05) is 152 Å². The molecular formula is C90H60N4O2P2. The fourth-order valence-corrected chi connectivity index (χ4v) is 20.0. The van der Waals surface area contributed by atoms with Crippen molar-refractivity contribution in [1.82, 2.24) is 18.8 Å². The van der Waals surface area contributed by atoms with Crippen LogP contribution in [0.5, 0.6) is 0 Å². The second-order valence-electron chi connectivity index (χ2n) is 25.1. The molecule has 462 valence electrons. The van der Waals surface area contributed by atoms with Crippen molar-refractivity contribution in [3.63, 3.8) is 0 Å². The Morgan fingerprint density at radius 3 is 0.980 bits per heavy atom. The van der Waals surface area contributed by atoms with Gasteiger partial charge in [0.25, 0.3) is 0 Å². The summed E-state index contributed by atoms with van der Waals surface area (Å²) >= 11 is 0. The molecule has 0 N–H and O–H groups in total. The molecule has 4 heterocycles. The molecule has 19 rings (SSSR count). The number of fused-ring (bicyclic) bond motifs is 17. The van der Waals surface area contributed by atoms with Crippen LogP contribution in [0.25, 0.3) is 132 Å². The first-order valence-electron chi connectivity index (χ1n) is 33.1. The van der Waals surface area contributed by atoms with E-state index in [9.17, 15) is 9.13 Å². The van der Waals surface area contributed by atoms with E-state index in [2.05, 4.69) is 221 Å². The third-order valence-electron chi connectivity index (χ3n) is 19.5. The molecule has 0 aliphatic carbocycles. The minimum atomic E-state index is -3.05. The molecule has 4 aromatic heterocycles. The van der Waals surface area contributed by atoms with Crippen LogP contribution in [0.3, 0.4) is 0 Å². The highest BCUT2D eigenvalue weighted by Crippen LogP contribution is 2.46. The number of pyridine rings is 2. The van der Waals surface area contributed by atoms with Gasteiger partial charge in [-0.15, -0.1) is 0 Å². The SMILES string of the molecule is O=P(c1ccccc1)(c1ccccc1)c1ccc(-c2cccc(-c3ccc4c(c3)c3ccccc3n3c5ccccc5nc43)c2)cc1.O=P(c1ccccc1)(c1ccccc1)c1ccc2cc(-c3cccc(-c4ccc5c(c4)c4ccccc4n4c6ccccc6nc54)c3)ccc2c1. The molecule has 0 bridgehead atoms. The van der Waals surface area contributed by atoms with Crippen LogP contribution in [-0.2, 0) is 9.13 Å². The smallest absolute Gasteiger partial charge is 0.171 e. The maximum Gasteiger partial charge on any atom is 0.171 e. The Kier molecular flexibility index (Phi) is 14.3. The first-order valence-corrected chi connectivity index (χ1v) is 36.5. The van der Waals surface area contributed by atoms with Crippen LogP contribution in [0.1, 0.15) is 0 Å². The van der Waals surface area contributed by atoms with Gasteiger partial charge in [-0.25, -0.2) is 9.97 Å². The van der Waals surface area contributed by atoms with Gasteiger partial charge in [0.15, 0.2) is 14.3 Å². The topological polar surface area (TPSA) is 68.7 Å². The van der Waals surface area contributed by atoms with Gasteiger partial charge in [0.05, 0.1) is 33.1 Å². The maximum atomic E-state index is 15.0. The molecule has 0 amide bonds. The maximum absolute atomic E-state index is 15.0. The average Bonchev–Trinajstić information content (AvgIpc) is 1.52. The van der Waals surface area contributed by atoms with Crippen LogP contribution in [0, 0.1) is 0 Å². The fourth-order valence-electron chi connectivity index (χ4n) is 14.7. The molecule has 15 aromatic carbocycles. The summed E-state index contributed by atoms with van der Waals surface area (Å²) < 4.78 is 34.4. The summed E-state index contributed by atoms with van der Waals surface area (Å²) in [5.41, 5.74) is 17.6. The largest absolute Gasteiger partial charge is 0.309 e. The lowest BCUT2D eigenvalue weighted by molar-refractivity contribution is 0.591. The van der Waals surface area contributed by atoms with Gasteiger partial charge in [-0.3, -0.25) is 8.80 Å². The van der Waals surface area contributed by atoms with Gasteiger partial charge < -0.3 is 9.13 Å². The Balaban J connectivity index is 0.000000143. The van der Waals surface area contributed by atoms with Crippen molar-refractivity contribution in [1.29, 1.82) is 0 Å². The lowest BCUT2D eigenvalue weighted by Crippen LogP contribution is -2.24. The molecule has 6 nitrogen and oxygen atoms in total. The van der Waals surface area contributed by atoms with E-state index in [0.717, 1.165) is 142 Å². The van der Waals surface area contributed by atoms with E-state index in [4.69, 9.17) is 9.97 Å². The highest BCUT2D eigenvalue weighted by atomic mass is 31.2. The zero-order chi connectivity index (χ0) is 65.3. The lowest BCUT2D eigenvalue weighted by Gasteiger charge is -2.20. The van der Waals surface area contributed by atoms with Gasteiger partial charge in [0.1, 0.15) is 11.3 Å². The minimum absolute atomic E-state index is 0.828. The number of imidazole rings is 2. The van der Waals surface area contributed by atoms with Crippen molar-refractivity contribution in [2.75, 3.05) is 0 Å². The molecule has 0 aliphatic rings. The predicted molar refractivity (Wildman–Crippen MR) is 413 cm³/mol. The van der Waals surface area contributed by atoms with Crippen LogP contribution in [-0.4, -0.2) is 18.8 Å². The quantitative estimate of drug-likeness (QED) is 0.101. The van der Waals surface area contributed by atoms with E-state index in [1.165, 1.54) is 21.5 Å². The van der Waals surface area contributed by atoms with Gasteiger partial charge in [-0.1, -0.05) is 279 Å². The van der Waals surface area contributed by atoms with Gasteiger partial charge in [0.2, 0.25) is 0 Å². The Morgan fingerprint density at radius 1 is 0.204 bits per heavy atom. The number of benzene rings is 15. The zero-order valence-electron chi connectivity index (χ0n) is 53.1. The van der Waals surface area contributed by atoms with Crippen molar-refractivity contribution in [2.24, 2.45) is 0 Å². The molecular weight excluding hydrogens is 1230 g/mol.